The highest BCUT2D eigenvalue weighted by molar-refractivity contribution is 6.18. The Morgan fingerprint density at radius 2 is 2.06 bits per heavy atom. The Hall–Kier alpha value is -1.02. The summed E-state index contributed by atoms with van der Waals surface area (Å²) in [7, 11) is 0. The molecule has 0 atom stereocenters. The summed E-state index contributed by atoms with van der Waals surface area (Å²) in [6.45, 7) is 0. The van der Waals surface area contributed by atoms with Gasteiger partial charge < -0.3 is 4.98 Å². The van der Waals surface area contributed by atoms with Gasteiger partial charge in [-0.1, -0.05) is 25.3 Å². The van der Waals surface area contributed by atoms with Gasteiger partial charge >= 0.3 is 0 Å². The molecule has 1 aliphatic rings. The van der Waals surface area contributed by atoms with Crippen LogP contribution < -0.4 is 0 Å². The number of H-pyrrole nitrogens is 1. The molecule has 0 amide bonds. The van der Waals surface area contributed by atoms with Crippen molar-refractivity contribution in [2.45, 2.75) is 44.4 Å². The summed E-state index contributed by atoms with van der Waals surface area (Å²) in [6, 6.07) is 6.44. The van der Waals surface area contributed by atoms with Gasteiger partial charge in [-0.2, -0.15) is 0 Å². The largest absolute Gasteiger partial charge is 0.342 e. The van der Waals surface area contributed by atoms with E-state index in [-0.39, 0.29) is 0 Å². The smallest absolute Gasteiger partial charge is 0.110 e. The van der Waals surface area contributed by atoms with Crippen LogP contribution >= 0.6 is 11.6 Å². The molecule has 0 aliphatic heterocycles. The van der Waals surface area contributed by atoms with E-state index in [1.54, 1.807) is 0 Å². The first-order chi connectivity index (χ1) is 8.86. The number of aromatic nitrogens is 2. The SMILES string of the molecule is ClCCc1ccc2nc(C3CCCCC3)[nH]c2c1. The molecule has 1 heterocycles. The summed E-state index contributed by atoms with van der Waals surface area (Å²) >= 11 is 5.79. The average molecular weight is 263 g/mol. The van der Waals surface area contributed by atoms with Gasteiger partial charge in [0.15, 0.2) is 0 Å². The highest BCUT2D eigenvalue weighted by Gasteiger charge is 2.18. The van der Waals surface area contributed by atoms with Gasteiger partial charge in [0.05, 0.1) is 11.0 Å². The predicted octanol–water partition coefficient (Wildman–Crippen LogP) is 4.39. The summed E-state index contributed by atoms with van der Waals surface area (Å²) in [6.07, 6.45) is 7.58. The lowest BCUT2D eigenvalue weighted by molar-refractivity contribution is 0.431. The lowest BCUT2D eigenvalue weighted by Crippen LogP contribution is -2.05. The number of nitrogens with one attached hydrogen (secondary N) is 1. The quantitative estimate of drug-likeness (QED) is 0.817. The third-order valence-corrected chi connectivity index (χ3v) is 4.13. The van der Waals surface area contributed by atoms with Crippen molar-refractivity contribution >= 4 is 22.6 Å². The van der Waals surface area contributed by atoms with Crippen LogP contribution in [0, 0.1) is 0 Å². The van der Waals surface area contributed by atoms with Crippen molar-refractivity contribution in [3.63, 3.8) is 0 Å². The van der Waals surface area contributed by atoms with Crippen LogP contribution in [0.15, 0.2) is 18.2 Å². The number of fused-ring (bicyclic) bond motifs is 1. The van der Waals surface area contributed by atoms with Crippen LogP contribution in [0.25, 0.3) is 11.0 Å². The first kappa shape index (κ1) is 12.0. The molecule has 2 nitrogen and oxygen atoms in total. The molecule has 1 fully saturated rings. The number of nitrogens with zero attached hydrogens (tertiary/aromatic N) is 1. The number of aromatic amines is 1. The molecule has 3 heteroatoms. The molecular formula is C15H19ClN2. The van der Waals surface area contributed by atoms with Gasteiger partial charge in [0.2, 0.25) is 0 Å². The topological polar surface area (TPSA) is 28.7 Å². The van der Waals surface area contributed by atoms with Gasteiger partial charge in [0, 0.05) is 11.8 Å². The fraction of sp³-hybridized carbons (Fsp3) is 0.533. The molecule has 96 valence electrons. The van der Waals surface area contributed by atoms with Crippen LogP contribution in [-0.4, -0.2) is 15.8 Å². The Labute approximate surface area is 113 Å². The molecule has 1 aromatic heterocycles. The Balaban J connectivity index is 1.89. The maximum atomic E-state index is 5.79. The fourth-order valence-corrected chi connectivity index (χ4v) is 3.13. The number of aryl methyl sites for hydroxylation is 1. The minimum absolute atomic E-state index is 0.641. The summed E-state index contributed by atoms with van der Waals surface area (Å²) in [5.74, 6) is 2.50. The number of alkyl halides is 1. The monoisotopic (exact) mass is 262 g/mol. The van der Waals surface area contributed by atoms with E-state index < -0.39 is 0 Å². The third kappa shape index (κ3) is 2.39. The second kappa shape index (κ2) is 5.31. The first-order valence-corrected chi connectivity index (χ1v) is 7.45. The maximum absolute atomic E-state index is 5.79. The van der Waals surface area contributed by atoms with Crippen molar-refractivity contribution < 1.29 is 0 Å². The van der Waals surface area contributed by atoms with Crippen molar-refractivity contribution in [2.75, 3.05) is 5.88 Å². The summed E-state index contributed by atoms with van der Waals surface area (Å²) in [5, 5.41) is 0. The molecule has 1 aliphatic carbocycles. The number of halogens is 1. The molecule has 0 bridgehead atoms. The van der Waals surface area contributed by atoms with E-state index in [1.807, 2.05) is 0 Å². The second-order valence-corrected chi connectivity index (χ2v) is 5.63. The molecule has 3 rings (SSSR count). The maximum Gasteiger partial charge on any atom is 0.110 e. The normalized spacial score (nSPS) is 17.4. The van der Waals surface area contributed by atoms with E-state index in [4.69, 9.17) is 16.6 Å². The van der Waals surface area contributed by atoms with Crippen LogP contribution in [0.5, 0.6) is 0 Å². The van der Waals surface area contributed by atoms with Gasteiger partial charge in [0.1, 0.15) is 5.82 Å². The molecule has 1 N–H and O–H groups in total. The molecule has 1 saturated carbocycles. The fourth-order valence-electron chi connectivity index (χ4n) is 2.91. The molecule has 0 spiro atoms. The van der Waals surface area contributed by atoms with E-state index in [9.17, 15) is 0 Å². The van der Waals surface area contributed by atoms with Crippen molar-refractivity contribution in [1.29, 1.82) is 0 Å². The molecule has 1 aromatic carbocycles. The van der Waals surface area contributed by atoms with Crippen LogP contribution in [0.2, 0.25) is 0 Å². The van der Waals surface area contributed by atoms with Crippen molar-refractivity contribution in [1.82, 2.24) is 9.97 Å². The third-order valence-electron chi connectivity index (χ3n) is 3.94. The molecule has 0 unspecified atom stereocenters. The van der Waals surface area contributed by atoms with E-state index in [0.717, 1.165) is 17.5 Å². The number of imidazole rings is 1. The minimum atomic E-state index is 0.641. The number of benzene rings is 1. The van der Waals surface area contributed by atoms with Crippen LogP contribution in [-0.2, 0) is 6.42 Å². The van der Waals surface area contributed by atoms with Crippen molar-refractivity contribution in [3.05, 3.63) is 29.6 Å². The summed E-state index contributed by atoms with van der Waals surface area (Å²) in [4.78, 5) is 8.26. The Morgan fingerprint density at radius 3 is 2.83 bits per heavy atom. The molecule has 0 radical (unpaired) electrons. The molecular weight excluding hydrogens is 244 g/mol. The summed E-state index contributed by atoms with van der Waals surface area (Å²) < 4.78 is 0. The van der Waals surface area contributed by atoms with Crippen molar-refractivity contribution in [3.8, 4) is 0 Å². The van der Waals surface area contributed by atoms with E-state index in [0.29, 0.717) is 11.8 Å². The lowest BCUT2D eigenvalue weighted by Gasteiger charge is -2.18. The van der Waals surface area contributed by atoms with Crippen LogP contribution in [0.3, 0.4) is 0 Å². The first-order valence-electron chi connectivity index (χ1n) is 6.91. The van der Waals surface area contributed by atoms with Gasteiger partial charge in [0.25, 0.3) is 0 Å². The van der Waals surface area contributed by atoms with Crippen LogP contribution in [0.4, 0.5) is 0 Å². The lowest BCUT2D eigenvalue weighted by atomic mass is 9.89. The average Bonchev–Trinajstić information content (AvgIpc) is 2.83. The van der Waals surface area contributed by atoms with E-state index in [1.165, 1.54) is 43.5 Å². The molecule has 0 saturated heterocycles. The number of hydrogen-bond acceptors (Lipinski definition) is 1. The number of hydrogen-bond donors (Lipinski definition) is 1. The number of rotatable bonds is 3. The zero-order chi connectivity index (χ0) is 12.4. The van der Waals surface area contributed by atoms with Gasteiger partial charge in [-0.25, -0.2) is 4.98 Å². The van der Waals surface area contributed by atoms with Gasteiger partial charge in [-0.15, -0.1) is 11.6 Å². The van der Waals surface area contributed by atoms with E-state index in [2.05, 4.69) is 23.2 Å². The Morgan fingerprint density at radius 1 is 1.22 bits per heavy atom. The molecule has 18 heavy (non-hydrogen) atoms. The highest BCUT2D eigenvalue weighted by Crippen LogP contribution is 2.32. The zero-order valence-electron chi connectivity index (χ0n) is 10.6. The standard InChI is InChI=1S/C15H19ClN2/c16-9-8-11-6-7-13-14(10-11)18-15(17-13)12-4-2-1-3-5-12/h6-7,10,12H,1-5,8-9H2,(H,17,18). The Bertz CT molecular complexity index is 526. The van der Waals surface area contributed by atoms with Crippen LogP contribution in [0.1, 0.15) is 49.4 Å². The molecule has 2 aromatic rings. The second-order valence-electron chi connectivity index (χ2n) is 5.25. The van der Waals surface area contributed by atoms with E-state index >= 15 is 0 Å². The highest BCUT2D eigenvalue weighted by atomic mass is 35.5. The Kier molecular flexibility index (Phi) is 3.55. The zero-order valence-corrected chi connectivity index (χ0v) is 11.3. The van der Waals surface area contributed by atoms with Crippen molar-refractivity contribution in [2.24, 2.45) is 0 Å². The predicted molar refractivity (Wildman–Crippen MR) is 76.3 cm³/mol. The van der Waals surface area contributed by atoms with Gasteiger partial charge in [-0.05, 0) is 37.0 Å². The van der Waals surface area contributed by atoms with Gasteiger partial charge in [-0.3, -0.25) is 0 Å². The summed E-state index contributed by atoms with van der Waals surface area (Å²) in [5.41, 5.74) is 3.54. The minimum Gasteiger partial charge on any atom is -0.342 e.